The Balaban J connectivity index is 2.65. The SMILES string of the molecule is CC(CCO)CNC(=O)Nc1ccc(Cl)c(C(F)(F)F)c1. The van der Waals surface area contributed by atoms with Crippen LogP contribution in [0, 0.1) is 5.92 Å². The molecule has 8 heteroatoms. The van der Waals surface area contributed by atoms with E-state index in [0.29, 0.717) is 13.0 Å². The molecule has 0 aromatic heterocycles. The molecule has 0 heterocycles. The molecule has 1 rings (SSSR count). The number of alkyl halides is 3. The van der Waals surface area contributed by atoms with Gasteiger partial charge in [-0.25, -0.2) is 4.79 Å². The van der Waals surface area contributed by atoms with E-state index in [1.807, 2.05) is 6.92 Å². The van der Waals surface area contributed by atoms with Crippen molar-refractivity contribution in [3.05, 3.63) is 28.8 Å². The Bertz CT molecular complexity index is 495. The maximum atomic E-state index is 12.7. The highest BCUT2D eigenvalue weighted by atomic mass is 35.5. The van der Waals surface area contributed by atoms with Gasteiger partial charge in [0.2, 0.25) is 0 Å². The first-order valence-electron chi connectivity index (χ1n) is 6.26. The number of halogens is 4. The fourth-order valence-corrected chi connectivity index (χ4v) is 1.81. The molecule has 0 saturated carbocycles. The van der Waals surface area contributed by atoms with Crippen molar-refractivity contribution >= 4 is 23.3 Å². The van der Waals surface area contributed by atoms with Gasteiger partial charge < -0.3 is 15.7 Å². The fourth-order valence-electron chi connectivity index (χ4n) is 1.58. The van der Waals surface area contributed by atoms with E-state index >= 15 is 0 Å². The monoisotopic (exact) mass is 324 g/mol. The minimum Gasteiger partial charge on any atom is -0.396 e. The summed E-state index contributed by atoms with van der Waals surface area (Å²) < 4.78 is 38.0. The van der Waals surface area contributed by atoms with Crippen LogP contribution in [0.5, 0.6) is 0 Å². The Labute approximate surface area is 125 Å². The average Bonchev–Trinajstić information content (AvgIpc) is 2.38. The minimum atomic E-state index is -4.58. The highest BCUT2D eigenvalue weighted by Crippen LogP contribution is 2.36. The third kappa shape index (κ3) is 5.81. The summed E-state index contributed by atoms with van der Waals surface area (Å²) >= 11 is 5.48. The van der Waals surface area contributed by atoms with E-state index in [1.165, 1.54) is 6.07 Å². The first-order chi connectivity index (χ1) is 9.74. The maximum Gasteiger partial charge on any atom is 0.417 e. The van der Waals surface area contributed by atoms with Crippen LogP contribution in [0.25, 0.3) is 0 Å². The van der Waals surface area contributed by atoms with Gasteiger partial charge in [-0.15, -0.1) is 0 Å². The van der Waals surface area contributed by atoms with Crippen LogP contribution in [0.2, 0.25) is 5.02 Å². The zero-order valence-electron chi connectivity index (χ0n) is 11.3. The molecule has 0 spiro atoms. The summed E-state index contributed by atoms with van der Waals surface area (Å²) in [5, 5.41) is 13.1. The summed E-state index contributed by atoms with van der Waals surface area (Å²) in [5.41, 5.74) is -1.00. The molecule has 0 aliphatic rings. The third-order valence-corrected chi connectivity index (χ3v) is 3.09. The van der Waals surface area contributed by atoms with Crippen molar-refractivity contribution in [2.75, 3.05) is 18.5 Å². The predicted molar refractivity (Wildman–Crippen MR) is 74.3 cm³/mol. The number of amides is 2. The second-order valence-corrected chi connectivity index (χ2v) is 5.05. The van der Waals surface area contributed by atoms with Crippen LogP contribution in [0.1, 0.15) is 18.9 Å². The summed E-state index contributed by atoms with van der Waals surface area (Å²) in [4.78, 5) is 11.6. The molecule has 0 saturated heterocycles. The summed E-state index contributed by atoms with van der Waals surface area (Å²) in [6.45, 7) is 2.16. The van der Waals surface area contributed by atoms with Crippen molar-refractivity contribution in [1.29, 1.82) is 0 Å². The first-order valence-corrected chi connectivity index (χ1v) is 6.64. The van der Waals surface area contributed by atoms with Crippen molar-refractivity contribution in [3.8, 4) is 0 Å². The quantitative estimate of drug-likeness (QED) is 0.776. The van der Waals surface area contributed by atoms with Crippen LogP contribution in [-0.2, 0) is 6.18 Å². The fraction of sp³-hybridized carbons (Fsp3) is 0.462. The molecule has 1 aromatic rings. The minimum absolute atomic E-state index is 0.000892. The summed E-state index contributed by atoms with van der Waals surface area (Å²) in [6, 6.07) is 2.53. The van der Waals surface area contributed by atoms with Crippen LogP contribution < -0.4 is 10.6 Å². The molecule has 1 aromatic carbocycles. The van der Waals surface area contributed by atoms with Crippen LogP contribution in [0.3, 0.4) is 0 Å². The molecule has 0 aliphatic carbocycles. The molecule has 0 bridgehead atoms. The van der Waals surface area contributed by atoms with Gasteiger partial charge in [-0.05, 0) is 30.5 Å². The molecule has 118 valence electrons. The Kier molecular flexibility index (Phi) is 6.29. The number of carbonyl (C=O) groups is 1. The Morgan fingerprint density at radius 2 is 2.10 bits per heavy atom. The molecule has 2 amide bonds. The summed E-state index contributed by atoms with van der Waals surface area (Å²) in [5.74, 6) is 0.0664. The van der Waals surface area contributed by atoms with Crippen LogP contribution in [0.4, 0.5) is 23.7 Å². The largest absolute Gasteiger partial charge is 0.417 e. The molecule has 1 atom stereocenters. The highest BCUT2D eigenvalue weighted by molar-refractivity contribution is 6.31. The van der Waals surface area contributed by atoms with Crippen molar-refractivity contribution in [2.45, 2.75) is 19.5 Å². The van der Waals surface area contributed by atoms with Gasteiger partial charge in [0.15, 0.2) is 0 Å². The first kappa shape index (κ1) is 17.6. The number of nitrogens with one attached hydrogen (secondary N) is 2. The van der Waals surface area contributed by atoms with Crippen molar-refractivity contribution in [2.24, 2.45) is 5.92 Å². The van der Waals surface area contributed by atoms with Crippen LogP contribution in [0.15, 0.2) is 18.2 Å². The summed E-state index contributed by atoms with van der Waals surface area (Å²) in [7, 11) is 0. The van der Waals surface area contributed by atoms with Gasteiger partial charge in [0.25, 0.3) is 0 Å². The molecule has 4 nitrogen and oxygen atoms in total. The molecule has 0 radical (unpaired) electrons. The van der Waals surface area contributed by atoms with Gasteiger partial charge in [-0.1, -0.05) is 18.5 Å². The zero-order valence-corrected chi connectivity index (χ0v) is 12.1. The predicted octanol–water partition coefficient (Wildman–Crippen LogP) is 3.50. The van der Waals surface area contributed by atoms with Gasteiger partial charge in [-0.3, -0.25) is 0 Å². The van der Waals surface area contributed by atoms with E-state index in [-0.39, 0.29) is 18.2 Å². The Morgan fingerprint density at radius 3 is 2.67 bits per heavy atom. The lowest BCUT2D eigenvalue weighted by molar-refractivity contribution is -0.137. The number of anilines is 1. The van der Waals surface area contributed by atoms with Crippen molar-refractivity contribution in [1.82, 2.24) is 5.32 Å². The van der Waals surface area contributed by atoms with Gasteiger partial charge in [0, 0.05) is 18.8 Å². The standard InChI is InChI=1S/C13H16ClF3N2O2/c1-8(4-5-20)7-18-12(21)19-9-2-3-11(14)10(6-9)13(15,16)17/h2-3,6,8,20H,4-5,7H2,1H3,(H2,18,19,21). The normalized spacial score (nSPS) is 12.9. The topological polar surface area (TPSA) is 61.4 Å². The molecule has 0 aliphatic heterocycles. The third-order valence-electron chi connectivity index (χ3n) is 2.76. The molecule has 21 heavy (non-hydrogen) atoms. The maximum absolute atomic E-state index is 12.7. The summed E-state index contributed by atoms with van der Waals surface area (Å²) in [6.07, 6.45) is -4.06. The average molecular weight is 325 g/mol. The second kappa shape index (κ2) is 7.51. The Morgan fingerprint density at radius 1 is 1.43 bits per heavy atom. The van der Waals surface area contributed by atoms with Gasteiger partial charge >= 0.3 is 12.2 Å². The van der Waals surface area contributed by atoms with Crippen LogP contribution >= 0.6 is 11.6 Å². The van der Waals surface area contributed by atoms with Gasteiger partial charge in [0.1, 0.15) is 0 Å². The highest BCUT2D eigenvalue weighted by Gasteiger charge is 2.33. The van der Waals surface area contributed by atoms with Crippen LogP contribution in [-0.4, -0.2) is 24.3 Å². The smallest absolute Gasteiger partial charge is 0.396 e. The van der Waals surface area contributed by atoms with Gasteiger partial charge in [-0.2, -0.15) is 13.2 Å². The van der Waals surface area contributed by atoms with E-state index in [0.717, 1.165) is 12.1 Å². The lowest BCUT2D eigenvalue weighted by atomic mass is 10.1. The number of benzene rings is 1. The second-order valence-electron chi connectivity index (χ2n) is 4.64. The molecule has 0 fully saturated rings. The molecular formula is C13H16ClF3N2O2. The number of hydrogen-bond donors (Lipinski definition) is 3. The van der Waals surface area contributed by atoms with Gasteiger partial charge in [0.05, 0.1) is 10.6 Å². The number of hydrogen-bond acceptors (Lipinski definition) is 2. The molecule has 1 unspecified atom stereocenters. The van der Waals surface area contributed by atoms with E-state index in [2.05, 4.69) is 10.6 Å². The van der Waals surface area contributed by atoms with E-state index in [1.54, 1.807) is 0 Å². The van der Waals surface area contributed by atoms with E-state index in [4.69, 9.17) is 16.7 Å². The van der Waals surface area contributed by atoms with E-state index < -0.39 is 22.8 Å². The molecule has 3 N–H and O–H groups in total. The number of urea groups is 1. The number of aliphatic hydroxyl groups is 1. The lowest BCUT2D eigenvalue weighted by Gasteiger charge is -2.14. The lowest BCUT2D eigenvalue weighted by Crippen LogP contribution is -2.32. The number of carbonyl (C=O) groups excluding carboxylic acids is 1. The number of aliphatic hydroxyl groups excluding tert-OH is 1. The Hall–Kier alpha value is -1.47. The zero-order chi connectivity index (χ0) is 16.0. The number of rotatable bonds is 5. The van der Waals surface area contributed by atoms with Crippen molar-refractivity contribution in [3.63, 3.8) is 0 Å². The molecular weight excluding hydrogens is 309 g/mol. The van der Waals surface area contributed by atoms with E-state index in [9.17, 15) is 18.0 Å². The van der Waals surface area contributed by atoms with Crippen molar-refractivity contribution < 1.29 is 23.1 Å².